The number of nitrogens with zero attached hydrogens (tertiary/aromatic N) is 1. The Morgan fingerprint density at radius 2 is 2.14 bits per heavy atom. The number of nitrogens with one attached hydrogen (secondary N) is 3. The molecule has 0 amide bonds. The van der Waals surface area contributed by atoms with Crippen LogP contribution < -0.4 is 10.6 Å². The van der Waals surface area contributed by atoms with Gasteiger partial charge in [-0.1, -0.05) is 24.3 Å². The van der Waals surface area contributed by atoms with Crippen LogP contribution in [0.5, 0.6) is 0 Å². The Balaban J connectivity index is 0.000000243. The Hall–Kier alpha value is -1.91. The molecule has 4 fully saturated rings. The average Bonchev–Trinajstić information content (AvgIpc) is 3.00. The minimum absolute atomic E-state index is 0.486. The first-order valence-electron chi connectivity index (χ1n) is 10.7. The number of aromatic nitrogens is 1. The van der Waals surface area contributed by atoms with Gasteiger partial charge in [0.05, 0.1) is 12.4 Å². The van der Waals surface area contributed by atoms with Crippen LogP contribution >= 0.6 is 11.6 Å². The lowest BCUT2D eigenvalue weighted by atomic mass is 9.45. The van der Waals surface area contributed by atoms with Crippen LogP contribution in [-0.2, 0) is 6.54 Å². The second kappa shape index (κ2) is 8.45. The van der Waals surface area contributed by atoms with E-state index in [4.69, 9.17) is 11.6 Å². The average molecular weight is 413 g/mol. The van der Waals surface area contributed by atoms with Crippen LogP contribution in [0.3, 0.4) is 0 Å². The number of fused-ring (bicyclic) bond motifs is 1. The normalized spacial score (nSPS) is 27.8. The van der Waals surface area contributed by atoms with E-state index in [0.717, 1.165) is 46.4 Å². The van der Waals surface area contributed by atoms with Gasteiger partial charge in [0.25, 0.3) is 0 Å². The summed E-state index contributed by atoms with van der Waals surface area (Å²) < 4.78 is 0. The van der Waals surface area contributed by atoms with E-state index in [9.17, 15) is 0 Å². The van der Waals surface area contributed by atoms with Crippen molar-refractivity contribution < 1.29 is 0 Å². The molecule has 1 saturated heterocycles. The molecule has 4 aliphatic rings. The Kier molecular flexibility index (Phi) is 5.93. The summed E-state index contributed by atoms with van der Waals surface area (Å²) in [7, 11) is 2.17. The van der Waals surface area contributed by atoms with E-state index in [1.54, 1.807) is 0 Å². The van der Waals surface area contributed by atoms with Gasteiger partial charge in [-0.25, -0.2) is 0 Å². The summed E-state index contributed by atoms with van der Waals surface area (Å²) in [6, 6.07) is 8.49. The number of hydrogen-bond acceptors (Lipinski definition) is 3. The summed E-state index contributed by atoms with van der Waals surface area (Å²) in [6.07, 6.45) is 8.96. The topological polar surface area (TPSA) is 43.1 Å². The summed E-state index contributed by atoms with van der Waals surface area (Å²) in [5.41, 5.74) is 2.90. The summed E-state index contributed by atoms with van der Waals surface area (Å²) in [6.45, 7) is 10.9. The standard InChI is InChI=1S/C17H23ClN4.C7H10/c1-12(20-15-4-3-7-22(2)11-15)19-10-16-9-13-8-14(18)5-6-17(13)21-16;1-2-7-3-6(4-7)5-7/h5-6,8-9,15,19-21H,1,3-4,7,10-11H2,2H3;2,6H,1,3-5H2. The van der Waals surface area contributed by atoms with Gasteiger partial charge in [-0.05, 0) is 81.3 Å². The lowest BCUT2D eigenvalue weighted by Gasteiger charge is -2.60. The zero-order valence-electron chi connectivity index (χ0n) is 17.4. The van der Waals surface area contributed by atoms with Crippen LogP contribution in [0.4, 0.5) is 0 Å². The molecular formula is C24H33ClN4. The van der Waals surface area contributed by atoms with Crippen LogP contribution in [0.1, 0.15) is 37.8 Å². The van der Waals surface area contributed by atoms with E-state index >= 15 is 0 Å². The van der Waals surface area contributed by atoms with E-state index in [1.807, 2.05) is 18.2 Å². The lowest BCUT2D eigenvalue weighted by Crippen LogP contribution is -2.49. The monoisotopic (exact) mass is 412 g/mol. The summed E-state index contributed by atoms with van der Waals surface area (Å²) in [4.78, 5) is 5.75. The van der Waals surface area contributed by atoms with Crippen molar-refractivity contribution in [1.82, 2.24) is 20.5 Å². The molecule has 2 bridgehead atoms. The van der Waals surface area contributed by atoms with E-state index in [1.165, 1.54) is 38.6 Å². The SMILES string of the molecule is C=C(NCc1cc2cc(Cl)ccc2[nH]1)NC1CCCN(C)C1.C=CC12CC(C1)C2. The van der Waals surface area contributed by atoms with Gasteiger partial charge in [0.1, 0.15) is 0 Å². The molecule has 3 aliphatic carbocycles. The van der Waals surface area contributed by atoms with E-state index in [0.29, 0.717) is 11.5 Å². The van der Waals surface area contributed by atoms with Crippen molar-refractivity contribution in [3.05, 3.63) is 60.0 Å². The number of piperidine rings is 1. The van der Waals surface area contributed by atoms with Crippen molar-refractivity contribution >= 4 is 22.5 Å². The molecular weight excluding hydrogens is 380 g/mol. The number of rotatable bonds is 6. The Morgan fingerprint density at radius 3 is 2.76 bits per heavy atom. The van der Waals surface area contributed by atoms with Crippen molar-refractivity contribution in [2.75, 3.05) is 20.1 Å². The summed E-state index contributed by atoms with van der Waals surface area (Å²) in [5.74, 6) is 2.00. The summed E-state index contributed by atoms with van der Waals surface area (Å²) in [5, 5.41) is 8.73. The van der Waals surface area contributed by atoms with Crippen LogP contribution in [-0.4, -0.2) is 36.1 Å². The van der Waals surface area contributed by atoms with Crippen LogP contribution in [0.15, 0.2) is 49.3 Å². The van der Waals surface area contributed by atoms with Gasteiger partial charge in [0.2, 0.25) is 0 Å². The van der Waals surface area contributed by atoms with Crippen molar-refractivity contribution in [3.8, 4) is 0 Å². The molecule has 1 atom stereocenters. The molecule has 1 aliphatic heterocycles. The van der Waals surface area contributed by atoms with Crippen molar-refractivity contribution in [1.29, 1.82) is 0 Å². The van der Waals surface area contributed by atoms with E-state index in [-0.39, 0.29) is 0 Å². The summed E-state index contributed by atoms with van der Waals surface area (Å²) >= 11 is 6.02. The zero-order valence-corrected chi connectivity index (χ0v) is 18.2. The molecule has 3 saturated carbocycles. The van der Waals surface area contributed by atoms with E-state index in [2.05, 4.69) is 52.9 Å². The molecule has 0 radical (unpaired) electrons. The van der Waals surface area contributed by atoms with Gasteiger partial charge in [-0.15, -0.1) is 6.58 Å². The fraction of sp³-hybridized carbons (Fsp3) is 0.500. The molecule has 0 spiro atoms. The number of hydrogen-bond donors (Lipinski definition) is 3. The molecule has 156 valence electrons. The highest BCUT2D eigenvalue weighted by Gasteiger charge is 2.54. The second-order valence-electron chi connectivity index (χ2n) is 9.15. The number of H-pyrrole nitrogens is 1. The van der Waals surface area contributed by atoms with E-state index < -0.39 is 0 Å². The molecule has 2 heterocycles. The van der Waals surface area contributed by atoms with Gasteiger partial charge in [-0.2, -0.15) is 0 Å². The van der Waals surface area contributed by atoms with Gasteiger partial charge < -0.3 is 20.5 Å². The number of benzene rings is 1. The predicted molar refractivity (Wildman–Crippen MR) is 123 cm³/mol. The highest BCUT2D eigenvalue weighted by Crippen LogP contribution is 2.64. The fourth-order valence-electron chi connectivity index (χ4n) is 4.84. The van der Waals surface area contributed by atoms with Gasteiger partial charge in [0.15, 0.2) is 0 Å². The lowest BCUT2D eigenvalue weighted by molar-refractivity contribution is -0.0597. The molecule has 6 rings (SSSR count). The number of aromatic amines is 1. The van der Waals surface area contributed by atoms with Crippen molar-refractivity contribution in [3.63, 3.8) is 0 Å². The number of allylic oxidation sites excluding steroid dienone is 1. The van der Waals surface area contributed by atoms with Crippen LogP contribution in [0.25, 0.3) is 10.9 Å². The van der Waals surface area contributed by atoms with Gasteiger partial charge >= 0.3 is 0 Å². The third kappa shape index (κ3) is 4.81. The highest BCUT2D eigenvalue weighted by molar-refractivity contribution is 6.31. The number of halogens is 1. The molecule has 29 heavy (non-hydrogen) atoms. The Labute approximate surface area is 179 Å². The number of likely N-dealkylation sites (N-methyl/N-ethyl adjacent to an activating group) is 1. The molecule has 1 aromatic carbocycles. The van der Waals surface area contributed by atoms with Gasteiger partial charge in [0, 0.05) is 34.2 Å². The Morgan fingerprint density at radius 1 is 1.34 bits per heavy atom. The maximum Gasteiger partial charge on any atom is 0.0918 e. The highest BCUT2D eigenvalue weighted by atomic mass is 35.5. The maximum atomic E-state index is 6.02. The zero-order chi connectivity index (χ0) is 20.4. The number of likely N-dealkylation sites (tertiary alicyclic amines) is 1. The minimum atomic E-state index is 0.486. The molecule has 4 nitrogen and oxygen atoms in total. The fourth-order valence-corrected chi connectivity index (χ4v) is 5.02. The largest absolute Gasteiger partial charge is 0.368 e. The van der Waals surface area contributed by atoms with Crippen LogP contribution in [0, 0.1) is 11.3 Å². The quantitative estimate of drug-likeness (QED) is 0.582. The smallest absolute Gasteiger partial charge is 0.0918 e. The van der Waals surface area contributed by atoms with Gasteiger partial charge in [-0.3, -0.25) is 0 Å². The van der Waals surface area contributed by atoms with Crippen molar-refractivity contribution in [2.24, 2.45) is 11.3 Å². The predicted octanol–water partition coefficient (Wildman–Crippen LogP) is 5.04. The molecule has 3 N–H and O–H groups in total. The third-order valence-electron chi connectivity index (χ3n) is 6.65. The molecule has 2 aromatic rings. The second-order valence-corrected chi connectivity index (χ2v) is 9.59. The molecule has 5 heteroatoms. The first kappa shape index (κ1) is 20.4. The van der Waals surface area contributed by atoms with Crippen LogP contribution in [0.2, 0.25) is 5.02 Å². The molecule has 1 aromatic heterocycles. The Bertz CT molecular complexity index is 869. The first-order chi connectivity index (χ1) is 13.9. The van der Waals surface area contributed by atoms with Crippen molar-refractivity contribution in [2.45, 2.75) is 44.7 Å². The third-order valence-corrected chi connectivity index (χ3v) is 6.89. The molecule has 1 unspecified atom stereocenters. The first-order valence-corrected chi connectivity index (χ1v) is 11.1. The minimum Gasteiger partial charge on any atom is -0.368 e. The maximum absolute atomic E-state index is 6.02.